The Morgan fingerprint density at radius 1 is 1.17 bits per heavy atom. The average molecular weight is 341 g/mol. The average Bonchev–Trinajstić information content (AvgIpc) is 3.02. The van der Waals surface area contributed by atoms with E-state index in [0.29, 0.717) is 11.9 Å². The second-order valence-corrected chi connectivity index (χ2v) is 8.82. The molecule has 0 bridgehead atoms. The van der Waals surface area contributed by atoms with E-state index >= 15 is 0 Å². The topological polar surface area (TPSA) is 40.6 Å². The van der Waals surface area contributed by atoms with Crippen molar-refractivity contribution in [1.82, 2.24) is 9.80 Å². The fourth-order valence-electron chi connectivity index (χ4n) is 3.84. The van der Waals surface area contributed by atoms with E-state index in [1.54, 1.807) is 0 Å². The van der Waals surface area contributed by atoms with Crippen LogP contribution in [0, 0.1) is 11.8 Å². The number of thioether (sulfide) groups is 1. The van der Waals surface area contributed by atoms with Gasteiger partial charge in [0.05, 0.1) is 0 Å². The highest BCUT2D eigenvalue weighted by molar-refractivity contribution is 7.99. The third-order valence-corrected chi connectivity index (χ3v) is 6.54. The first-order valence-corrected chi connectivity index (χ1v) is 10.2. The van der Waals surface area contributed by atoms with Crippen LogP contribution in [-0.2, 0) is 9.59 Å². The summed E-state index contributed by atoms with van der Waals surface area (Å²) in [5, 5.41) is 0.728. The molecule has 2 atom stereocenters. The van der Waals surface area contributed by atoms with Gasteiger partial charge in [-0.2, -0.15) is 11.8 Å². The van der Waals surface area contributed by atoms with Crippen molar-refractivity contribution >= 4 is 23.6 Å². The first-order chi connectivity index (χ1) is 10.9. The molecule has 1 saturated heterocycles. The summed E-state index contributed by atoms with van der Waals surface area (Å²) in [5.41, 5.74) is 0. The Labute approximate surface area is 145 Å². The summed E-state index contributed by atoms with van der Waals surface area (Å²) in [4.78, 5) is 28.8. The molecule has 23 heavy (non-hydrogen) atoms. The molecule has 2 fully saturated rings. The Morgan fingerprint density at radius 3 is 2.39 bits per heavy atom. The van der Waals surface area contributed by atoms with Crippen LogP contribution in [0.4, 0.5) is 0 Å². The zero-order chi connectivity index (χ0) is 17.0. The molecular formula is C18H32N2O2S. The van der Waals surface area contributed by atoms with E-state index in [4.69, 9.17) is 0 Å². The predicted molar refractivity (Wildman–Crippen MR) is 96.5 cm³/mol. The molecule has 2 rings (SSSR count). The van der Waals surface area contributed by atoms with Crippen LogP contribution in [0.3, 0.4) is 0 Å². The lowest BCUT2D eigenvalue weighted by Crippen LogP contribution is -2.46. The summed E-state index contributed by atoms with van der Waals surface area (Å²) in [7, 11) is 1.98. The highest BCUT2D eigenvalue weighted by Crippen LogP contribution is 2.33. The molecular weight excluding hydrogens is 308 g/mol. The summed E-state index contributed by atoms with van der Waals surface area (Å²) in [5.74, 6) is 1.84. The molecule has 1 aliphatic heterocycles. The molecule has 4 nitrogen and oxygen atoms in total. The van der Waals surface area contributed by atoms with Gasteiger partial charge in [0.25, 0.3) is 0 Å². The van der Waals surface area contributed by atoms with Crippen molar-refractivity contribution in [2.45, 2.75) is 64.2 Å². The Bertz CT molecular complexity index is 419. The van der Waals surface area contributed by atoms with Gasteiger partial charge >= 0.3 is 0 Å². The van der Waals surface area contributed by atoms with Gasteiger partial charge in [0.15, 0.2) is 0 Å². The second-order valence-electron chi connectivity index (χ2n) is 7.25. The van der Waals surface area contributed by atoms with Crippen molar-refractivity contribution in [2.24, 2.45) is 11.8 Å². The summed E-state index contributed by atoms with van der Waals surface area (Å²) >= 11 is 2.03. The van der Waals surface area contributed by atoms with Gasteiger partial charge in [-0.25, -0.2) is 0 Å². The normalized spacial score (nSPS) is 25.9. The molecule has 1 heterocycles. The van der Waals surface area contributed by atoms with Gasteiger partial charge in [-0.05, 0) is 37.9 Å². The van der Waals surface area contributed by atoms with Crippen LogP contribution >= 0.6 is 11.8 Å². The van der Waals surface area contributed by atoms with Gasteiger partial charge in [0.2, 0.25) is 11.8 Å². The second kappa shape index (κ2) is 8.41. The van der Waals surface area contributed by atoms with Crippen LogP contribution in [0.25, 0.3) is 0 Å². The maximum absolute atomic E-state index is 12.8. The van der Waals surface area contributed by atoms with E-state index < -0.39 is 0 Å². The van der Waals surface area contributed by atoms with E-state index in [2.05, 4.69) is 6.92 Å². The van der Waals surface area contributed by atoms with Crippen LogP contribution in [0.2, 0.25) is 0 Å². The first kappa shape index (κ1) is 18.6. The minimum atomic E-state index is 0.0522. The summed E-state index contributed by atoms with van der Waals surface area (Å²) in [6.45, 7) is 7.57. The predicted octanol–water partition coefficient (Wildman–Crippen LogP) is 3.01. The van der Waals surface area contributed by atoms with Gasteiger partial charge < -0.3 is 9.80 Å². The van der Waals surface area contributed by atoms with Gasteiger partial charge in [-0.3, -0.25) is 9.59 Å². The van der Waals surface area contributed by atoms with Crippen LogP contribution in [-0.4, -0.2) is 58.8 Å². The third kappa shape index (κ3) is 4.65. The van der Waals surface area contributed by atoms with Crippen molar-refractivity contribution in [3.05, 3.63) is 0 Å². The maximum Gasteiger partial charge on any atom is 0.225 e. The van der Waals surface area contributed by atoms with E-state index in [-0.39, 0.29) is 17.7 Å². The van der Waals surface area contributed by atoms with Crippen molar-refractivity contribution < 1.29 is 9.59 Å². The lowest BCUT2D eigenvalue weighted by molar-refractivity contribution is -0.142. The number of nitrogens with zero attached hydrogens (tertiary/aromatic N) is 2. The number of carbonyl (C=O) groups is 2. The summed E-state index contributed by atoms with van der Waals surface area (Å²) < 4.78 is 0. The van der Waals surface area contributed by atoms with Gasteiger partial charge in [-0.1, -0.05) is 20.8 Å². The highest BCUT2D eigenvalue weighted by atomic mass is 32.2. The Balaban J connectivity index is 1.81. The number of amides is 2. The fourth-order valence-corrected chi connectivity index (χ4v) is 4.97. The van der Waals surface area contributed by atoms with E-state index in [1.807, 2.05) is 42.5 Å². The number of likely N-dealkylation sites (tertiary alicyclic amines) is 1. The van der Waals surface area contributed by atoms with Gasteiger partial charge in [0.1, 0.15) is 0 Å². The standard InChI is InChI=1S/C18H32N2O2S/c1-5-23-16-7-6-15(12-16)19(4)18(22)14-8-10-20(11-9-14)17(21)13(2)3/h13-16H,5-12H2,1-4H3. The Morgan fingerprint density at radius 2 is 1.83 bits per heavy atom. The zero-order valence-electron chi connectivity index (χ0n) is 15.1. The molecule has 5 heteroatoms. The van der Waals surface area contributed by atoms with Crippen LogP contribution in [0.5, 0.6) is 0 Å². The highest BCUT2D eigenvalue weighted by Gasteiger charge is 2.34. The number of rotatable bonds is 5. The Hall–Kier alpha value is -0.710. The molecule has 0 spiro atoms. The van der Waals surface area contributed by atoms with Crippen LogP contribution < -0.4 is 0 Å². The molecule has 2 aliphatic rings. The summed E-state index contributed by atoms with van der Waals surface area (Å²) in [6.07, 6.45) is 5.17. The molecule has 2 amide bonds. The molecule has 0 radical (unpaired) electrons. The zero-order valence-corrected chi connectivity index (χ0v) is 15.9. The van der Waals surface area contributed by atoms with Crippen molar-refractivity contribution in [1.29, 1.82) is 0 Å². The van der Waals surface area contributed by atoms with Crippen molar-refractivity contribution in [3.8, 4) is 0 Å². The molecule has 0 N–H and O–H groups in total. The Kier molecular flexibility index (Phi) is 6.81. The SMILES string of the molecule is CCSC1CCC(N(C)C(=O)C2CCN(C(=O)C(C)C)CC2)C1. The minimum Gasteiger partial charge on any atom is -0.342 e. The van der Waals surface area contributed by atoms with Crippen LogP contribution in [0.1, 0.15) is 52.9 Å². The molecule has 0 aromatic heterocycles. The fraction of sp³-hybridized carbons (Fsp3) is 0.889. The van der Waals surface area contributed by atoms with Crippen molar-refractivity contribution in [2.75, 3.05) is 25.9 Å². The maximum atomic E-state index is 12.8. The van der Waals surface area contributed by atoms with Crippen molar-refractivity contribution in [3.63, 3.8) is 0 Å². The number of hydrogen-bond donors (Lipinski definition) is 0. The lowest BCUT2D eigenvalue weighted by Gasteiger charge is -2.35. The van der Waals surface area contributed by atoms with E-state index in [1.165, 1.54) is 6.42 Å². The minimum absolute atomic E-state index is 0.0522. The monoisotopic (exact) mass is 340 g/mol. The molecule has 0 aromatic carbocycles. The lowest BCUT2D eigenvalue weighted by atomic mass is 9.94. The molecule has 132 valence electrons. The first-order valence-electron chi connectivity index (χ1n) is 9.11. The number of hydrogen-bond acceptors (Lipinski definition) is 3. The molecule has 1 aliphatic carbocycles. The van der Waals surface area contributed by atoms with Gasteiger partial charge in [0, 0.05) is 43.3 Å². The largest absolute Gasteiger partial charge is 0.342 e. The van der Waals surface area contributed by atoms with E-state index in [9.17, 15) is 9.59 Å². The number of piperidine rings is 1. The van der Waals surface area contributed by atoms with Gasteiger partial charge in [-0.15, -0.1) is 0 Å². The molecule has 2 unspecified atom stereocenters. The third-order valence-electron chi connectivity index (χ3n) is 5.30. The number of carbonyl (C=O) groups excluding carboxylic acids is 2. The smallest absolute Gasteiger partial charge is 0.225 e. The van der Waals surface area contributed by atoms with E-state index in [0.717, 1.165) is 49.8 Å². The molecule has 0 aromatic rings. The summed E-state index contributed by atoms with van der Waals surface area (Å²) in [6, 6.07) is 0.418. The quantitative estimate of drug-likeness (QED) is 0.772. The van der Waals surface area contributed by atoms with Crippen LogP contribution in [0.15, 0.2) is 0 Å². The molecule has 1 saturated carbocycles.